The molecule has 1 amide bonds. The highest BCUT2D eigenvalue weighted by atomic mass is 19.4. The van der Waals surface area contributed by atoms with Gasteiger partial charge in [-0.05, 0) is 55.3 Å². The number of hydrogen-bond acceptors (Lipinski definition) is 3. The number of likely N-dealkylation sites (tertiary alicyclic amines) is 1. The molecule has 1 fully saturated rings. The van der Waals surface area contributed by atoms with Crippen LogP contribution < -0.4 is 4.74 Å². The van der Waals surface area contributed by atoms with E-state index in [2.05, 4.69) is 10.2 Å². The number of ether oxygens (including phenoxy) is 1. The number of halogens is 3. The zero-order valence-corrected chi connectivity index (χ0v) is 16.0. The lowest BCUT2D eigenvalue weighted by Gasteiger charge is -2.32. The van der Waals surface area contributed by atoms with Gasteiger partial charge in [0.2, 0.25) is 0 Å². The van der Waals surface area contributed by atoms with Crippen LogP contribution in [0.2, 0.25) is 0 Å². The van der Waals surface area contributed by atoms with Crippen molar-refractivity contribution in [2.45, 2.75) is 24.9 Å². The van der Waals surface area contributed by atoms with E-state index in [9.17, 15) is 18.0 Å². The third kappa shape index (κ3) is 4.48. The summed E-state index contributed by atoms with van der Waals surface area (Å²) in [5, 5.41) is 6.95. The number of carbonyl (C=O) groups is 1. The summed E-state index contributed by atoms with van der Waals surface area (Å²) in [5.41, 5.74) is 0.657. The van der Waals surface area contributed by atoms with E-state index >= 15 is 0 Å². The Morgan fingerprint density at radius 2 is 1.87 bits per heavy atom. The maximum absolute atomic E-state index is 13.0. The largest absolute Gasteiger partial charge is 0.457 e. The summed E-state index contributed by atoms with van der Waals surface area (Å²) >= 11 is 0. The molecule has 1 aliphatic rings. The van der Waals surface area contributed by atoms with Crippen molar-refractivity contribution in [1.29, 1.82) is 0 Å². The molecule has 0 saturated carbocycles. The number of carbonyl (C=O) groups excluding carboxylic acids is 1. The van der Waals surface area contributed by atoms with Gasteiger partial charge in [-0.15, -0.1) is 0 Å². The Morgan fingerprint density at radius 3 is 2.60 bits per heavy atom. The fraction of sp³-hybridized carbons (Fsp3) is 0.273. The molecule has 0 aliphatic carbocycles. The van der Waals surface area contributed by atoms with Crippen LogP contribution in [0.15, 0.2) is 60.8 Å². The number of hydrogen-bond donors (Lipinski definition) is 1. The lowest BCUT2D eigenvalue weighted by molar-refractivity contribution is -0.137. The van der Waals surface area contributed by atoms with Crippen molar-refractivity contribution in [3.05, 3.63) is 77.6 Å². The number of amides is 1. The molecular formula is C22H20F3N3O2. The third-order valence-electron chi connectivity index (χ3n) is 5.15. The summed E-state index contributed by atoms with van der Waals surface area (Å²) in [6.45, 7) is 1.24. The fourth-order valence-corrected chi connectivity index (χ4v) is 3.66. The predicted octanol–water partition coefficient (Wildman–Crippen LogP) is 5.24. The number of nitrogens with zero attached hydrogens (tertiary/aromatic N) is 2. The predicted molar refractivity (Wildman–Crippen MR) is 104 cm³/mol. The second kappa shape index (κ2) is 8.22. The summed E-state index contributed by atoms with van der Waals surface area (Å²) in [7, 11) is 0. The fourth-order valence-electron chi connectivity index (χ4n) is 3.66. The summed E-state index contributed by atoms with van der Waals surface area (Å²) in [6.07, 6.45) is -0.887. The molecule has 0 radical (unpaired) electrons. The molecule has 1 aliphatic heterocycles. The minimum Gasteiger partial charge on any atom is -0.457 e. The molecule has 2 heterocycles. The van der Waals surface area contributed by atoms with Gasteiger partial charge < -0.3 is 9.64 Å². The maximum Gasteiger partial charge on any atom is 0.416 e. The van der Waals surface area contributed by atoms with E-state index in [1.165, 1.54) is 12.1 Å². The Balaban J connectivity index is 1.48. The molecule has 0 spiro atoms. The Hall–Kier alpha value is -3.29. The Morgan fingerprint density at radius 1 is 1.10 bits per heavy atom. The molecule has 2 aromatic carbocycles. The van der Waals surface area contributed by atoms with Crippen LogP contribution in [0, 0.1) is 0 Å². The molecule has 1 aromatic heterocycles. The van der Waals surface area contributed by atoms with Crippen LogP contribution >= 0.6 is 0 Å². The smallest absolute Gasteiger partial charge is 0.416 e. The quantitative estimate of drug-likeness (QED) is 0.634. The number of rotatable bonds is 4. The molecule has 156 valence electrons. The number of H-pyrrole nitrogens is 1. The van der Waals surface area contributed by atoms with Crippen LogP contribution in [0.4, 0.5) is 13.2 Å². The molecule has 8 heteroatoms. The van der Waals surface area contributed by atoms with Crippen LogP contribution in [0.1, 0.15) is 40.4 Å². The molecule has 5 nitrogen and oxygen atoms in total. The SMILES string of the molecule is O=C(c1cccc(Oc2cccc(C(F)(F)F)c2)c1)N1CCC[C@H](c2ccn[nH]2)C1. The van der Waals surface area contributed by atoms with Gasteiger partial charge in [-0.25, -0.2) is 0 Å². The second-order valence-corrected chi connectivity index (χ2v) is 7.26. The van der Waals surface area contributed by atoms with E-state index in [0.29, 0.717) is 24.4 Å². The van der Waals surface area contributed by atoms with Crippen molar-refractivity contribution in [3.8, 4) is 11.5 Å². The standard InChI is InChI=1S/C22H20F3N3O2/c23-22(24,25)17-6-2-8-19(13-17)30-18-7-1-4-15(12-18)21(29)28-11-3-5-16(14-28)20-9-10-26-27-20/h1-2,4,6-10,12-13,16H,3,5,11,14H2,(H,26,27)/t16-/m0/s1. The maximum atomic E-state index is 13.0. The second-order valence-electron chi connectivity index (χ2n) is 7.26. The summed E-state index contributed by atoms with van der Waals surface area (Å²) < 4.78 is 44.3. The third-order valence-corrected chi connectivity index (χ3v) is 5.15. The van der Waals surface area contributed by atoms with Gasteiger partial charge in [-0.3, -0.25) is 9.89 Å². The molecule has 0 bridgehead atoms. The Bertz CT molecular complexity index is 1020. The van der Waals surface area contributed by atoms with Crippen LogP contribution in [0.25, 0.3) is 0 Å². The zero-order valence-electron chi connectivity index (χ0n) is 16.0. The summed E-state index contributed by atoms with van der Waals surface area (Å²) in [6, 6.07) is 13.1. The molecule has 30 heavy (non-hydrogen) atoms. The van der Waals surface area contributed by atoms with Gasteiger partial charge in [0.05, 0.1) is 5.56 Å². The van der Waals surface area contributed by atoms with Crippen molar-refractivity contribution >= 4 is 5.91 Å². The first-order chi connectivity index (χ1) is 14.4. The number of aromatic nitrogens is 2. The zero-order chi connectivity index (χ0) is 21.1. The van der Waals surface area contributed by atoms with Gasteiger partial charge in [0.25, 0.3) is 5.91 Å². The van der Waals surface area contributed by atoms with Crippen LogP contribution in [-0.4, -0.2) is 34.1 Å². The van der Waals surface area contributed by atoms with E-state index < -0.39 is 11.7 Å². The van der Waals surface area contributed by atoms with Gasteiger partial charge in [0.15, 0.2) is 0 Å². The van der Waals surface area contributed by atoms with Gasteiger partial charge >= 0.3 is 6.18 Å². The highest BCUT2D eigenvalue weighted by Crippen LogP contribution is 2.33. The first-order valence-corrected chi connectivity index (χ1v) is 9.64. The molecule has 1 saturated heterocycles. The van der Waals surface area contributed by atoms with Crippen LogP contribution in [0.5, 0.6) is 11.5 Å². The van der Waals surface area contributed by atoms with Gasteiger partial charge in [-0.2, -0.15) is 18.3 Å². The van der Waals surface area contributed by atoms with Crippen molar-refractivity contribution in [3.63, 3.8) is 0 Å². The molecule has 0 unspecified atom stereocenters. The topological polar surface area (TPSA) is 58.2 Å². The minimum atomic E-state index is -4.45. The average molecular weight is 415 g/mol. The summed E-state index contributed by atoms with van der Waals surface area (Å²) in [5.74, 6) is 0.442. The lowest BCUT2D eigenvalue weighted by atomic mass is 9.94. The van der Waals surface area contributed by atoms with Crippen molar-refractivity contribution in [1.82, 2.24) is 15.1 Å². The number of aromatic amines is 1. The van der Waals surface area contributed by atoms with Crippen LogP contribution in [-0.2, 0) is 6.18 Å². The molecule has 3 aromatic rings. The molecule has 1 N–H and O–H groups in total. The van der Waals surface area contributed by atoms with Gasteiger partial charge in [0.1, 0.15) is 11.5 Å². The van der Waals surface area contributed by atoms with Gasteiger partial charge in [-0.1, -0.05) is 12.1 Å². The van der Waals surface area contributed by atoms with Crippen molar-refractivity contribution in [2.75, 3.05) is 13.1 Å². The highest BCUT2D eigenvalue weighted by molar-refractivity contribution is 5.94. The number of benzene rings is 2. The van der Waals surface area contributed by atoms with Crippen molar-refractivity contribution in [2.24, 2.45) is 0 Å². The number of alkyl halides is 3. The molecule has 1 atom stereocenters. The van der Waals surface area contributed by atoms with E-state index in [4.69, 9.17) is 4.74 Å². The van der Waals surface area contributed by atoms with Crippen molar-refractivity contribution < 1.29 is 22.7 Å². The molecular weight excluding hydrogens is 395 g/mol. The van der Waals surface area contributed by atoms with E-state index in [1.54, 1.807) is 35.4 Å². The normalized spacial score (nSPS) is 17.0. The molecule has 4 rings (SSSR count). The van der Waals surface area contributed by atoms with Gasteiger partial charge in [0, 0.05) is 36.5 Å². The van der Waals surface area contributed by atoms with E-state index in [-0.39, 0.29) is 17.6 Å². The number of piperidine rings is 1. The first kappa shape index (κ1) is 20.0. The van der Waals surface area contributed by atoms with E-state index in [1.807, 2.05) is 6.07 Å². The Kier molecular flexibility index (Phi) is 5.48. The Labute approximate surface area is 171 Å². The highest BCUT2D eigenvalue weighted by Gasteiger charge is 2.31. The lowest BCUT2D eigenvalue weighted by Crippen LogP contribution is -2.39. The van der Waals surface area contributed by atoms with Crippen LogP contribution in [0.3, 0.4) is 0 Å². The van der Waals surface area contributed by atoms with E-state index in [0.717, 1.165) is 30.7 Å². The monoisotopic (exact) mass is 415 g/mol. The summed E-state index contributed by atoms with van der Waals surface area (Å²) in [4.78, 5) is 14.8. The average Bonchev–Trinajstić information content (AvgIpc) is 3.28. The number of nitrogens with one attached hydrogen (secondary N) is 1. The minimum absolute atomic E-state index is 0.0618. The first-order valence-electron chi connectivity index (χ1n) is 9.64.